The van der Waals surface area contributed by atoms with Crippen molar-refractivity contribution in [2.45, 2.75) is 13.8 Å². The van der Waals surface area contributed by atoms with Gasteiger partial charge in [0.05, 0.1) is 0 Å². The van der Waals surface area contributed by atoms with Crippen molar-refractivity contribution in [1.82, 2.24) is 0 Å². The average molecular weight is 581 g/mol. The van der Waals surface area contributed by atoms with Gasteiger partial charge in [-0.2, -0.15) is 4.57 Å². The van der Waals surface area contributed by atoms with Gasteiger partial charge in [-0.3, -0.25) is 0 Å². The molecule has 0 amide bonds. The van der Waals surface area contributed by atoms with E-state index in [1.165, 1.54) is 0 Å². The van der Waals surface area contributed by atoms with Crippen LogP contribution in [-0.4, -0.2) is 5.11 Å². The predicted octanol–water partition coefficient (Wildman–Crippen LogP) is 10.6. The lowest BCUT2D eigenvalue weighted by molar-refractivity contribution is -0.572. The van der Waals surface area contributed by atoms with Crippen LogP contribution in [0.3, 0.4) is 0 Å². The van der Waals surface area contributed by atoms with E-state index >= 15 is 0 Å². The van der Waals surface area contributed by atoms with E-state index in [9.17, 15) is 5.11 Å². The summed E-state index contributed by atoms with van der Waals surface area (Å²) in [7, 11) is 0. The van der Waals surface area contributed by atoms with Crippen molar-refractivity contribution in [1.29, 1.82) is 0 Å². The van der Waals surface area contributed by atoms with Gasteiger partial charge in [0.2, 0.25) is 17.1 Å². The molecule has 7 aromatic rings. The maximum atomic E-state index is 11.9. The summed E-state index contributed by atoms with van der Waals surface area (Å²) in [6.07, 6.45) is 0. The number of aromatic nitrogens is 1. The molecule has 7 rings (SSSR count). The molecule has 0 fully saturated rings. The van der Waals surface area contributed by atoms with Gasteiger partial charge in [0.25, 0.3) is 0 Å². The summed E-state index contributed by atoms with van der Waals surface area (Å²) in [5.74, 6) is 0.277. The standard InChI is InChI=1S/C43H33NO/c1-30-14-12-22-35(24-30)39-28-38(29-40(43(39)45)36-23-13-15-31(2)25-36)44-41(33-18-8-4-9-19-33)26-37(32-16-6-3-7-17-32)27-42(44)34-20-10-5-11-21-34/h3-29H,1-2H3/p+1. The van der Waals surface area contributed by atoms with Gasteiger partial charge in [-0.1, -0.05) is 126 Å². The molecule has 1 aromatic heterocycles. The number of phenols is 1. The fourth-order valence-electron chi connectivity index (χ4n) is 6.13. The minimum atomic E-state index is 0.277. The van der Waals surface area contributed by atoms with Crippen LogP contribution in [0.15, 0.2) is 164 Å². The first-order chi connectivity index (χ1) is 22.0. The Hall–Kier alpha value is -5.73. The Morgan fingerprint density at radius 1 is 0.378 bits per heavy atom. The Balaban J connectivity index is 1.61. The van der Waals surface area contributed by atoms with Crippen LogP contribution >= 0.6 is 0 Å². The summed E-state index contributed by atoms with van der Waals surface area (Å²) < 4.78 is 2.34. The van der Waals surface area contributed by atoms with Crippen molar-refractivity contribution in [3.05, 3.63) is 175 Å². The van der Waals surface area contributed by atoms with Crippen LogP contribution in [0.2, 0.25) is 0 Å². The van der Waals surface area contributed by atoms with Gasteiger partial charge in [-0.15, -0.1) is 0 Å². The third-order valence-electron chi connectivity index (χ3n) is 8.32. The molecule has 45 heavy (non-hydrogen) atoms. The van der Waals surface area contributed by atoms with Crippen molar-refractivity contribution in [2.75, 3.05) is 0 Å². The molecule has 1 N–H and O–H groups in total. The van der Waals surface area contributed by atoms with Gasteiger partial charge in [-0.05, 0) is 60.4 Å². The van der Waals surface area contributed by atoms with Crippen molar-refractivity contribution >= 4 is 0 Å². The van der Waals surface area contributed by atoms with Gasteiger partial charge >= 0.3 is 0 Å². The second-order valence-corrected chi connectivity index (χ2v) is 11.6. The molecule has 6 aromatic carbocycles. The van der Waals surface area contributed by atoms with E-state index in [4.69, 9.17) is 0 Å². The zero-order valence-corrected chi connectivity index (χ0v) is 25.5. The molecule has 0 atom stereocenters. The van der Waals surface area contributed by atoms with E-state index in [1.807, 2.05) is 0 Å². The molecule has 2 heteroatoms. The molecule has 0 spiro atoms. The number of aromatic hydroxyl groups is 1. The number of benzene rings is 6. The van der Waals surface area contributed by atoms with Crippen LogP contribution in [0.25, 0.3) is 61.6 Å². The van der Waals surface area contributed by atoms with Gasteiger partial charge in [0.1, 0.15) is 5.75 Å². The summed E-state index contributed by atoms with van der Waals surface area (Å²) in [6.45, 7) is 4.17. The zero-order chi connectivity index (χ0) is 30.8. The lowest BCUT2D eigenvalue weighted by Crippen LogP contribution is -2.36. The van der Waals surface area contributed by atoms with Crippen LogP contribution in [0.1, 0.15) is 11.1 Å². The highest BCUT2D eigenvalue weighted by atomic mass is 16.3. The number of pyridine rings is 1. The van der Waals surface area contributed by atoms with E-state index in [2.05, 4.69) is 182 Å². The number of hydrogen-bond donors (Lipinski definition) is 1. The summed E-state index contributed by atoms with van der Waals surface area (Å²) in [5.41, 5.74) is 13.4. The molecule has 0 radical (unpaired) electrons. The Kier molecular flexibility index (Phi) is 7.55. The monoisotopic (exact) mass is 580 g/mol. The summed E-state index contributed by atoms with van der Waals surface area (Å²) in [5, 5.41) is 11.9. The summed E-state index contributed by atoms with van der Waals surface area (Å²) in [6, 6.07) is 57.2. The Bertz CT molecular complexity index is 1990. The minimum Gasteiger partial charge on any atom is -0.507 e. The van der Waals surface area contributed by atoms with Crippen LogP contribution in [0.5, 0.6) is 5.75 Å². The topological polar surface area (TPSA) is 24.1 Å². The number of aryl methyl sites for hydroxylation is 2. The Morgan fingerprint density at radius 2 is 0.778 bits per heavy atom. The highest BCUT2D eigenvalue weighted by Crippen LogP contribution is 2.41. The first-order valence-corrected chi connectivity index (χ1v) is 15.3. The number of nitrogens with zero attached hydrogens (tertiary/aromatic N) is 1. The van der Waals surface area contributed by atoms with Gasteiger partial charge in [0, 0.05) is 46.5 Å². The highest BCUT2D eigenvalue weighted by molar-refractivity contribution is 5.85. The molecule has 0 bridgehead atoms. The van der Waals surface area contributed by atoms with E-state index in [0.29, 0.717) is 0 Å². The van der Waals surface area contributed by atoms with Crippen LogP contribution in [0.4, 0.5) is 0 Å². The zero-order valence-electron chi connectivity index (χ0n) is 25.5. The lowest BCUT2D eigenvalue weighted by atomic mass is 9.93. The maximum Gasteiger partial charge on any atom is 0.219 e. The first kappa shape index (κ1) is 28.1. The molecule has 0 saturated carbocycles. The van der Waals surface area contributed by atoms with Crippen molar-refractivity contribution < 1.29 is 9.67 Å². The largest absolute Gasteiger partial charge is 0.507 e. The smallest absolute Gasteiger partial charge is 0.219 e. The van der Waals surface area contributed by atoms with Crippen molar-refractivity contribution in [2.24, 2.45) is 0 Å². The van der Waals surface area contributed by atoms with Crippen LogP contribution in [0, 0.1) is 13.8 Å². The van der Waals surface area contributed by atoms with Gasteiger partial charge < -0.3 is 5.11 Å². The Labute approximate surface area is 265 Å². The van der Waals surface area contributed by atoms with Gasteiger partial charge in [-0.25, -0.2) is 0 Å². The van der Waals surface area contributed by atoms with E-state index < -0.39 is 0 Å². The molecule has 2 nitrogen and oxygen atoms in total. The third-order valence-corrected chi connectivity index (χ3v) is 8.32. The molecule has 1 heterocycles. The number of rotatable bonds is 6. The normalized spacial score (nSPS) is 11.0. The summed E-state index contributed by atoms with van der Waals surface area (Å²) in [4.78, 5) is 0. The second kappa shape index (κ2) is 12.1. The highest BCUT2D eigenvalue weighted by Gasteiger charge is 2.27. The number of hydrogen-bond acceptors (Lipinski definition) is 1. The maximum absolute atomic E-state index is 11.9. The van der Waals surface area contributed by atoms with Gasteiger partial charge in [0.15, 0.2) is 0 Å². The minimum absolute atomic E-state index is 0.277. The first-order valence-electron chi connectivity index (χ1n) is 15.3. The fraction of sp³-hybridized carbons (Fsp3) is 0.0465. The average Bonchev–Trinajstić information content (AvgIpc) is 3.09. The Morgan fingerprint density at radius 3 is 1.20 bits per heavy atom. The SMILES string of the molecule is Cc1cccc(-c2cc(-[n+]3c(-c4ccccc4)cc(-c4ccccc4)cc3-c3ccccc3)cc(-c3cccc(C)c3)c2O)c1. The van der Waals surface area contributed by atoms with E-state index in [1.54, 1.807) is 0 Å². The molecule has 216 valence electrons. The molecule has 0 aliphatic carbocycles. The fourth-order valence-corrected chi connectivity index (χ4v) is 6.13. The third kappa shape index (κ3) is 5.67. The molecule has 0 aliphatic rings. The van der Waals surface area contributed by atoms with Crippen LogP contribution < -0.4 is 4.57 Å². The lowest BCUT2D eigenvalue weighted by Gasteiger charge is -2.16. The predicted molar refractivity (Wildman–Crippen MR) is 186 cm³/mol. The summed E-state index contributed by atoms with van der Waals surface area (Å²) >= 11 is 0. The van der Waals surface area contributed by atoms with Crippen molar-refractivity contribution in [3.8, 4) is 67.3 Å². The van der Waals surface area contributed by atoms with E-state index in [-0.39, 0.29) is 5.75 Å². The quantitative estimate of drug-likeness (QED) is 0.194. The molecule has 0 aliphatic heterocycles. The van der Waals surface area contributed by atoms with E-state index in [0.717, 1.165) is 72.7 Å². The molecule has 0 saturated heterocycles. The molecule has 0 unspecified atom stereocenters. The van der Waals surface area contributed by atoms with Crippen LogP contribution in [-0.2, 0) is 0 Å². The van der Waals surface area contributed by atoms with Crippen molar-refractivity contribution in [3.63, 3.8) is 0 Å². The number of phenolic OH excluding ortho intramolecular Hbond substituents is 1. The molecular formula is C43H34NO+. The molecular weight excluding hydrogens is 546 g/mol. The second-order valence-electron chi connectivity index (χ2n) is 11.6.